The Kier molecular flexibility index (Phi) is 4.27. The Morgan fingerprint density at radius 1 is 0.769 bits per heavy atom. The van der Waals surface area contributed by atoms with E-state index in [0.29, 0.717) is 33.3 Å². The van der Waals surface area contributed by atoms with Gasteiger partial charge < -0.3 is 4.90 Å². The molecule has 0 N–H and O–H groups in total. The summed E-state index contributed by atoms with van der Waals surface area (Å²) in [6, 6.07) is 12.3. The number of ketones is 2. The Morgan fingerprint density at radius 2 is 1.31 bits per heavy atom. The van der Waals surface area contributed by atoms with E-state index in [-0.39, 0.29) is 17.1 Å². The van der Waals surface area contributed by atoms with Gasteiger partial charge in [0.05, 0.1) is 5.57 Å². The number of carbonyl (C=O) groups excluding carboxylic acids is 2. The number of hydrogen-bond donors (Lipinski definition) is 0. The fourth-order valence-corrected chi connectivity index (χ4v) is 3.63. The van der Waals surface area contributed by atoms with E-state index in [9.17, 15) is 9.59 Å². The van der Waals surface area contributed by atoms with Crippen molar-refractivity contribution in [1.82, 2.24) is 4.90 Å². The molecule has 0 amide bonds. The molecular weight excluding hydrogens is 369 g/mol. The van der Waals surface area contributed by atoms with Crippen LogP contribution in [0, 0.1) is 0 Å². The lowest BCUT2D eigenvalue weighted by Crippen LogP contribution is -2.14. The molecule has 3 nitrogen and oxygen atoms in total. The molecule has 1 aliphatic carbocycles. The molecule has 0 saturated carbocycles. The van der Waals surface area contributed by atoms with Crippen LogP contribution in [-0.4, -0.2) is 16.5 Å². The average molecular weight is 382 g/mol. The molecule has 0 saturated heterocycles. The molecule has 0 aromatic heterocycles. The van der Waals surface area contributed by atoms with Crippen LogP contribution in [0.5, 0.6) is 0 Å². The number of benzene rings is 2. The van der Waals surface area contributed by atoms with Gasteiger partial charge in [0.2, 0.25) is 0 Å². The SMILES string of the molecule is O=C1C(=C2C=CN(Cc3c(Cl)cccc3Cl)C=C2)C(=O)c2ccccc21. The largest absolute Gasteiger partial charge is 0.350 e. The standard InChI is InChI=1S/C21H13Cl2NO2/c22-17-6-3-7-18(23)16(17)12-24-10-8-13(9-11-24)19-20(25)14-4-1-2-5-15(14)21(19)26/h1-11H,12H2. The molecule has 26 heavy (non-hydrogen) atoms. The smallest absolute Gasteiger partial charge is 0.198 e. The van der Waals surface area contributed by atoms with E-state index in [1.54, 1.807) is 54.6 Å². The van der Waals surface area contributed by atoms with E-state index in [1.807, 2.05) is 17.3 Å². The Morgan fingerprint density at radius 3 is 1.85 bits per heavy atom. The molecule has 0 atom stereocenters. The van der Waals surface area contributed by atoms with Gasteiger partial charge in [0, 0.05) is 45.7 Å². The third-order valence-electron chi connectivity index (χ3n) is 4.45. The van der Waals surface area contributed by atoms with Gasteiger partial charge >= 0.3 is 0 Å². The van der Waals surface area contributed by atoms with Crippen LogP contribution in [0.3, 0.4) is 0 Å². The van der Waals surface area contributed by atoms with Crippen molar-refractivity contribution in [2.24, 2.45) is 0 Å². The van der Waals surface area contributed by atoms with Crippen LogP contribution in [0.4, 0.5) is 0 Å². The second-order valence-corrected chi connectivity index (χ2v) is 6.85. The lowest BCUT2D eigenvalue weighted by atomic mass is 10.0. The van der Waals surface area contributed by atoms with Gasteiger partial charge in [0.1, 0.15) is 0 Å². The molecule has 2 aliphatic rings. The number of halogens is 2. The number of Topliss-reactive ketones (excluding diaryl/α,β-unsaturated/α-hetero) is 2. The molecular formula is C21H13Cl2NO2. The third kappa shape index (κ3) is 2.79. The topological polar surface area (TPSA) is 37.4 Å². The van der Waals surface area contributed by atoms with Crippen molar-refractivity contribution in [2.45, 2.75) is 6.54 Å². The van der Waals surface area contributed by atoms with Crippen molar-refractivity contribution < 1.29 is 9.59 Å². The van der Waals surface area contributed by atoms with Crippen LogP contribution < -0.4 is 0 Å². The van der Waals surface area contributed by atoms with Gasteiger partial charge in [-0.1, -0.05) is 53.5 Å². The van der Waals surface area contributed by atoms with E-state index in [1.165, 1.54) is 0 Å². The second kappa shape index (κ2) is 6.60. The first kappa shape index (κ1) is 16.8. The van der Waals surface area contributed by atoms with Crippen LogP contribution in [-0.2, 0) is 6.54 Å². The zero-order valence-electron chi connectivity index (χ0n) is 13.6. The summed E-state index contributed by atoms with van der Waals surface area (Å²) in [7, 11) is 0. The monoisotopic (exact) mass is 381 g/mol. The predicted molar refractivity (Wildman–Crippen MR) is 102 cm³/mol. The van der Waals surface area contributed by atoms with Crippen LogP contribution in [0.2, 0.25) is 10.0 Å². The molecule has 0 fully saturated rings. The highest BCUT2D eigenvalue weighted by atomic mass is 35.5. The molecule has 0 bridgehead atoms. The van der Waals surface area contributed by atoms with Gasteiger partial charge in [-0.3, -0.25) is 9.59 Å². The lowest BCUT2D eigenvalue weighted by molar-refractivity contribution is 0.0988. The summed E-state index contributed by atoms with van der Waals surface area (Å²) in [5.74, 6) is -0.449. The number of allylic oxidation sites excluding steroid dienone is 4. The van der Waals surface area contributed by atoms with Gasteiger partial charge in [-0.2, -0.15) is 0 Å². The molecule has 0 radical (unpaired) electrons. The van der Waals surface area contributed by atoms with E-state index < -0.39 is 0 Å². The fourth-order valence-electron chi connectivity index (χ4n) is 3.11. The Balaban J connectivity index is 1.61. The Bertz CT molecular complexity index is 961. The molecule has 2 aromatic carbocycles. The highest BCUT2D eigenvalue weighted by Crippen LogP contribution is 2.31. The molecule has 1 heterocycles. The second-order valence-electron chi connectivity index (χ2n) is 6.04. The summed E-state index contributed by atoms with van der Waals surface area (Å²) < 4.78 is 0. The highest BCUT2D eigenvalue weighted by molar-refractivity contribution is 6.40. The minimum Gasteiger partial charge on any atom is -0.350 e. The summed E-state index contributed by atoms with van der Waals surface area (Å²) in [6.07, 6.45) is 7.15. The number of carbonyl (C=O) groups is 2. The molecule has 2 aromatic rings. The summed E-state index contributed by atoms with van der Waals surface area (Å²) in [5.41, 5.74) is 2.58. The van der Waals surface area contributed by atoms with Gasteiger partial charge in [-0.25, -0.2) is 0 Å². The first-order chi connectivity index (χ1) is 12.6. The summed E-state index contributed by atoms with van der Waals surface area (Å²) in [5, 5.41) is 1.19. The predicted octanol–water partition coefficient (Wildman–Crippen LogP) is 5.21. The minimum absolute atomic E-state index is 0.217. The van der Waals surface area contributed by atoms with Crippen molar-refractivity contribution in [3.8, 4) is 0 Å². The Hall–Kier alpha value is -2.62. The molecule has 4 rings (SSSR count). The molecule has 0 unspecified atom stereocenters. The van der Waals surface area contributed by atoms with Crippen LogP contribution in [0.15, 0.2) is 78.2 Å². The average Bonchev–Trinajstić information content (AvgIpc) is 2.90. The van der Waals surface area contributed by atoms with Gasteiger partial charge in [0.15, 0.2) is 11.6 Å². The summed E-state index contributed by atoms with van der Waals surface area (Å²) >= 11 is 12.4. The number of rotatable bonds is 2. The first-order valence-corrected chi connectivity index (χ1v) is 8.79. The van der Waals surface area contributed by atoms with E-state index in [4.69, 9.17) is 23.2 Å². The Labute approximate surface area is 160 Å². The van der Waals surface area contributed by atoms with Crippen molar-refractivity contribution in [3.63, 3.8) is 0 Å². The number of fused-ring (bicyclic) bond motifs is 1. The maximum Gasteiger partial charge on any atom is 0.198 e. The fraction of sp³-hybridized carbons (Fsp3) is 0.0476. The molecule has 5 heteroatoms. The van der Waals surface area contributed by atoms with Gasteiger partial charge in [-0.05, 0) is 29.9 Å². The molecule has 1 aliphatic heterocycles. The lowest BCUT2D eigenvalue weighted by Gasteiger charge is -2.20. The highest BCUT2D eigenvalue weighted by Gasteiger charge is 2.34. The number of hydrogen-bond acceptors (Lipinski definition) is 3. The van der Waals surface area contributed by atoms with Crippen LogP contribution in [0.25, 0.3) is 0 Å². The first-order valence-electron chi connectivity index (χ1n) is 8.04. The molecule has 0 spiro atoms. The summed E-state index contributed by atoms with van der Waals surface area (Å²) in [6.45, 7) is 0.496. The van der Waals surface area contributed by atoms with Crippen molar-refractivity contribution in [2.75, 3.05) is 0 Å². The van der Waals surface area contributed by atoms with Crippen LogP contribution >= 0.6 is 23.2 Å². The third-order valence-corrected chi connectivity index (χ3v) is 5.16. The van der Waals surface area contributed by atoms with Gasteiger partial charge in [0.25, 0.3) is 0 Å². The van der Waals surface area contributed by atoms with Gasteiger partial charge in [-0.15, -0.1) is 0 Å². The van der Waals surface area contributed by atoms with E-state index >= 15 is 0 Å². The quantitative estimate of drug-likeness (QED) is 0.529. The van der Waals surface area contributed by atoms with Crippen molar-refractivity contribution >= 4 is 34.8 Å². The zero-order chi connectivity index (χ0) is 18.3. The normalized spacial score (nSPS) is 15.8. The minimum atomic E-state index is -0.225. The maximum atomic E-state index is 12.6. The van der Waals surface area contributed by atoms with Crippen molar-refractivity contribution in [3.05, 3.63) is 105 Å². The number of nitrogens with zero attached hydrogens (tertiary/aromatic N) is 1. The maximum absolute atomic E-state index is 12.6. The van der Waals surface area contributed by atoms with E-state index in [0.717, 1.165) is 5.56 Å². The van der Waals surface area contributed by atoms with Crippen molar-refractivity contribution in [1.29, 1.82) is 0 Å². The molecule has 128 valence electrons. The summed E-state index contributed by atoms with van der Waals surface area (Å²) in [4.78, 5) is 27.0. The van der Waals surface area contributed by atoms with Crippen LogP contribution in [0.1, 0.15) is 26.3 Å². The zero-order valence-corrected chi connectivity index (χ0v) is 15.1. The van der Waals surface area contributed by atoms with E-state index in [2.05, 4.69) is 0 Å².